The van der Waals surface area contributed by atoms with Crippen molar-refractivity contribution in [2.24, 2.45) is 0 Å². The number of para-hydroxylation sites is 1. The molecule has 0 amide bonds. The fourth-order valence-corrected chi connectivity index (χ4v) is 3.83. The van der Waals surface area contributed by atoms with Gasteiger partial charge in [0.15, 0.2) is 0 Å². The lowest BCUT2D eigenvalue weighted by Crippen LogP contribution is -2.04. The van der Waals surface area contributed by atoms with Crippen LogP contribution in [0.4, 0.5) is 5.82 Å². The quantitative estimate of drug-likeness (QED) is 0.494. The van der Waals surface area contributed by atoms with E-state index in [-0.39, 0.29) is 0 Å². The van der Waals surface area contributed by atoms with E-state index < -0.39 is 0 Å². The molecule has 1 aromatic heterocycles. The maximum absolute atomic E-state index is 4.35. The van der Waals surface area contributed by atoms with Crippen LogP contribution in [0.1, 0.15) is 55.6 Å². The Morgan fingerprint density at radius 2 is 1.74 bits per heavy atom. The summed E-state index contributed by atoms with van der Waals surface area (Å²) in [4.78, 5) is 8.63. The van der Waals surface area contributed by atoms with Gasteiger partial charge in [-0.25, -0.2) is 9.97 Å². The maximum Gasteiger partial charge on any atom is 0.137 e. The summed E-state index contributed by atoms with van der Waals surface area (Å²) in [5, 5.41) is 4.42. The third-order valence-corrected chi connectivity index (χ3v) is 5.31. The number of nitrogens with one attached hydrogen (secondary N) is 1. The molecule has 1 saturated carbocycles. The third-order valence-electron chi connectivity index (χ3n) is 5.31. The lowest BCUT2D eigenvalue weighted by Gasteiger charge is -2.21. The van der Waals surface area contributed by atoms with E-state index in [0.717, 1.165) is 41.2 Å². The first-order valence-corrected chi connectivity index (χ1v) is 9.92. The number of hydrogen-bond acceptors (Lipinski definition) is 3. The van der Waals surface area contributed by atoms with E-state index in [1.807, 2.05) is 24.3 Å². The highest BCUT2D eigenvalue weighted by Crippen LogP contribution is 2.32. The van der Waals surface area contributed by atoms with Gasteiger partial charge in [0.1, 0.15) is 12.1 Å². The first kappa shape index (κ1) is 17.5. The summed E-state index contributed by atoms with van der Waals surface area (Å²) >= 11 is 0. The van der Waals surface area contributed by atoms with E-state index in [4.69, 9.17) is 0 Å². The van der Waals surface area contributed by atoms with E-state index in [9.17, 15) is 0 Å². The summed E-state index contributed by atoms with van der Waals surface area (Å²) in [6.07, 6.45) is 9.22. The molecule has 0 spiro atoms. The van der Waals surface area contributed by atoms with Crippen LogP contribution in [0.25, 0.3) is 10.9 Å². The minimum atomic E-state index is 0.757. The molecule has 1 N–H and O–H groups in total. The molecule has 3 heteroatoms. The van der Waals surface area contributed by atoms with Crippen molar-refractivity contribution in [1.29, 1.82) is 0 Å². The molecule has 0 saturated heterocycles. The Hall–Kier alpha value is -2.86. The van der Waals surface area contributed by atoms with Gasteiger partial charge in [0, 0.05) is 23.9 Å². The fourth-order valence-electron chi connectivity index (χ4n) is 3.83. The number of anilines is 1. The zero-order valence-corrected chi connectivity index (χ0v) is 15.6. The van der Waals surface area contributed by atoms with Crippen LogP contribution in [-0.4, -0.2) is 16.5 Å². The van der Waals surface area contributed by atoms with E-state index >= 15 is 0 Å². The van der Waals surface area contributed by atoms with Crippen LogP contribution in [0.2, 0.25) is 0 Å². The number of rotatable bonds is 4. The van der Waals surface area contributed by atoms with Crippen LogP contribution >= 0.6 is 0 Å². The lowest BCUT2D eigenvalue weighted by atomic mass is 9.84. The third kappa shape index (κ3) is 4.46. The van der Waals surface area contributed by atoms with E-state index in [0.29, 0.717) is 0 Å². The SMILES string of the molecule is C(#Cc1ccc(C2CCCCC2)cc1)CCNc1ncnc2ccccc12. The molecule has 1 aliphatic rings. The molecule has 27 heavy (non-hydrogen) atoms. The van der Waals surface area contributed by atoms with Crippen LogP contribution in [0.5, 0.6) is 0 Å². The van der Waals surface area contributed by atoms with Crippen LogP contribution in [0, 0.1) is 11.8 Å². The first-order valence-electron chi connectivity index (χ1n) is 9.92. The molecule has 0 aliphatic heterocycles. The molecular formula is C24H25N3. The van der Waals surface area contributed by atoms with E-state index in [2.05, 4.69) is 51.4 Å². The second-order valence-electron chi connectivity index (χ2n) is 7.17. The van der Waals surface area contributed by atoms with E-state index in [1.54, 1.807) is 6.33 Å². The highest BCUT2D eigenvalue weighted by Gasteiger charge is 2.14. The molecule has 0 unspecified atom stereocenters. The van der Waals surface area contributed by atoms with Gasteiger partial charge in [-0.15, -0.1) is 0 Å². The van der Waals surface area contributed by atoms with Gasteiger partial charge in [-0.1, -0.05) is 55.4 Å². The highest BCUT2D eigenvalue weighted by atomic mass is 15.0. The van der Waals surface area contributed by atoms with Gasteiger partial charge in [0.25, 0.3) is 0 Å². The van der Waals surface area contributed by atoms with Crippen LogP contribution < -0.4 is 5.32 Å². The number of aromatic nitrogens is 2. The van der Waals surface area contributed by atoms with Gasteiger partial charge in [-0.05, 0) is 48.6 Å². The summed E-state index contributed by atoms with van der Waals surface area (Å²) in [6, 6.07) is 16.9. The molecule has 1 fully saturated rings. The summed E-state index contributed by atoms with van der Waals surface area (Å²) in [7, 11) is 0. The largest absolute Gasteiger partial charge is 0.368 e. The normalized spacial score (nSPS) is 14.5. The zero-order chi connectivity index (χ0) is 18.3. The molecule has 3 aromatic rings. The van der Waals surface area contributed by atoms with Gasteiger partial charge in [-0.3, -0.25) is 0 Å². The van der Waals surface area contributed by atoms with Crippen molar-refractivity contribution in [3.05, 3.63) is 66.0 Å². The minimum Gasteiger partial charge on any atom is -0.368 e. The molecule has 2 aromatic carbocycles. The topological polar surface area (TPSA) is 37.8 Å². The average Bonchev–Trinajstić information content (AvgIpc) is 2.75. The van der Waals surface area contributed by atoms with Gasteiger partial charge in [0.05, 0.1) is 5.52 Å². The number of fused-ring (bicyclic) bond motifs is 1. The maximum atomic E-state index is 4.35. The molecule has 0 radical (unpaired) electrons. The highest BCUT2D eigenvalue weighted by molar-refractivity contribution is 5.88. The summed E-state index contributed by atoms with van der Waals surface area (Å²) in [5.74, 6) is 8.17. The summed E-state index contributed by atoms with van der Waals surface area (Å²) in [5.41, 5.74) is 3.54. The van der Waals surface area contributed by atoms with Crippen molar-refractivity contribution in [1.82, 2.24) is 9.97 Å². The molecule has 1 aliphatic carbocycles. The number of nitrogens with zero attached hydrogens (tertiary/aromatic N) is 2. The standard InChI is InChI=1S/C24H25N3/c1-2-9-20(10-3-1)21-15-13-19(14-16-21)8-6-7-17-25-24-22-11-4-5-12-23(22)26-18-27-24/h4-5,11-16,18,20H,1-3,7,9-10,17H2,(H,25,26,27). The average molecular weight is 355 g/mol. The van der Waals surface area contributed by atoms with Crippen molar-refractivity contribution in [3.8, 4) is 11.8 Å². The Morgan fingerprint density at radius 3 is 2.59 bits per heavy atom. The molecule has 4 rings (SSSR count). The molecule has 3 nitrogen and oxygen atoms in total. The Morgan fingerprint density at radius 1 is 0.926 bits per heavy atom. The lowest BCUT2D eigenvalue weighted by molar-refractivity contribution is 0.443. The smallest absolute Gasteiger partial charge is 0.137 e. The van der Waals surface area contributed by atoms with Crippen LogP contribution in [0.3, 0.4) is 0 Å². The Balaban J connectivity index is 1.31. The van der Waals surface area contributed by atoms with Gasteiger partial charge in [-0.2, -0.15) is 0 Å². The number of hydrogen-bond donors (Lipinski definition) is 1. The second kappa shape index (κ2) is 8.68. The predicted octanol–water partition coefficient (Wildman–Crippen LogP) is 5.53. The van der Waals surface area contributed by atoms with Crippen molar-refractivity contribution >= 4 is 16.7 Å². The molecule has 0 bridgehead atoms. The Kier molecular flexibility index (Phi) is 5.64. The molecule has 1 heterocycles. The van der Waals surface area contributed by atoms with Crippen LogP contribution in [0.15, 0.2) is 54.9 Å². The fraction of sp³-hybridized carbons (Fsp3) is 0.333. The van der Waals surface area contributed by atoms with Crippen LogP contribution in [-0.2, 0) is 0 Å². The predicted molar refractivity (Wildman–Crippen MR) is 112 cm³/mol. The van der Waals surface area contributed by atoms with Crippen molar-refractivity contribution < 1.29 is 0 Å². The van der Waals surface area contributed by atoms with Gasteiger partial charge >= 0.3 is 0 Å². The monoisotopic (exact) mass is 355 g/mol. The van der Waals surface area contributed by atoms with Crippen molar-refractivity contribution in [3.63, 3.8) is 0 Å². The summed E-state index contributed by atoms with van der Waals surface area (Å²) < 4.78 is 0. The van der Waals surface area contributed by atoms with Crippen molar-refractivity contribution in [2.75, 3.05) is 11.9 Å². The minimum absolute atomic E-state index is 0.757. The second-order valence-corrected chi connectivity index (χ2v) is 7.17. The zero-order valence-electron chi connectivity index (χ0n) is 15.6. The molecule has 0 atom stereocenters. The van der Waals surface area contributed by atoms with Gasteiger partial charge in [0.2, 0.25) is 0 Å². The molecule has 136 valence electrons. The van der Waals surface area contributed by atoms with E-state index in [1.165, 1.54) is 37.7 Å². The Bertz CT molecular complexity index is 939. The van der Waals surface area contributed by atoms with Crippen molar-refractivity contribution in [2.45, 2.75) is 44.4 Å². The van der Waals surface area contributed by atoms with Gasteiger partial charge < -0.3 is 5.32 Å². The molecular weight excluding hydrogens is 330 g/mol. The number of benzene rings is 2. The Labute approximate surface area is 161 Å². The first-order chi connectivity index (χ1) is 13.4. The summed E-state index contributed by atoms with van der Waals surface area (Å²) in [6.45, 7) is 0.772.